The van der Waals surface area contributed by atoms with Crippen LogP contribution in [0.3, 0.4) is 0 Å². The topological polar surface area (TPSA) is 0 Å². The highest BCUT2D eigenvalue weighted by Crippen LogP contribution is 2.24. The summed E-state index contributed by atoms with van der Waals surface area (Å²) in [6, 6.07) is 0. The van der Waals surface area contributed by atoms with Gasteiger partial charge in [0.15, 0.2) is 0 Å². The van der Waals surface area contributed by atoms with E-state index in [-0.39, 0.29) is 0 Å². The fourth-order valence-corrected chi connectivity index (χ4v) is 0.834. The van der Waals surface area contributed by atoms with Crippen LogP contribution in [0.2, 0.25) is 0 Å². The van der Waals surface area contributed by atoms with Crippen LogP contribution in [0.15, 0.2) is 37.5 Å². The molecule has 0 unspecified atom stereocenters. The van der Waals surface area contributed by atoms with Gasteiger partial charge in [0.2, 0.25) is 0 Å². The summed E-state index contributed by atoms with van der Waals surface area (Å²) >= 11 is 0. The van der Waals surface area contributed by atoms with E-state index in [9.17, 15) is 0 Å². The Hall–Kier alpha value is -0.780. The van der Waals surface area contributed by atoms with Crippen molar-refractivity contribution in [2.45, 2.75) is 20.3 Å². The van der Waals surface area contributed by atoms with Crippen LogP contribution in [-0.4, -0.2) is 0 Å². The standard InChI is InChI=1S/C8H12.C2H4/c1-8(2)6-4-3-5-7-8;1-2/h3-6H,7H2,1-2H3;1-2H2. The van der Waals surface area contributed by atoms with Crippen molar-refractivity contribution in [2.24, 2.45) is 5.41 Å². The lowest BCUT2D eigenvalue weighted by Gasteiger charge is -2.19. The molecule has 0 aromatic carbocycles. The van der Waals surface area contributed by atoms with E-state index >= 15 is 0 Å². The summed E-state index contributed by atoms with van der Waals surface area (Å²) in [5.74, 6) is 0. The number of hydrogen-bond acceptors (Lipinski definition) is 0. The maximum atomic E-state index is 3.00. The molecule has 1 aliphatic carbocycles. The third-order valence-corrected chi connectivity index (χ3v) is 1.44. The molecule has 0 heterocycles. The van der Waals surface area contributed by atoms with Gasteiger partial charge in [-0.15, -0.1) is 13.2 Å². The second-order valence-corrected chi connectivity index (χ2v) is 2.98. The van der Waals surface area contributed by atoms with Gasteiger partial charge in [-0.25, -0.2) is 0 Å². The van der Waals surface area contributed by atoms with Gasteiger partial charge in [0.25, 0.3) is 0 Å². The summed E-state index contributed by atoms with van der Waals surface area (Å²) in [7, 11) is 0. The van der Waals surface area contributed by atoms with E-state index in [0.717, 1.165) is 0 Å². The largest absolute Gasteiger partial charge is 0.106 e. The van der Waals surface area contributed by atoms with Gasteiger partial charge >= 0.3 is 0 Å². The minimum atomic E-state index is 0.411. The average Bonchev–Trinajstić information content (AvgIpc) is 1.92. The van der Waals surface area contributed by atoms with Crippen molar-refractivity contribution >= 4 is 0 Å². The molecule has 0 spiro atoms. The zero-order valence-electron chi connectivity index (χ0n) is 6.93. The van der Waals surface area contributed by atoms with E-state index in [2.05, 4.69) is 51.3 Å². The van der Waals surface area contributed by atoms with E-state index in [1.165, 1.54) is 6.42 Å². The number of hydrogen-bond donors (Lipinski definition) is 0. The minimum Gasteiger partial charge on any atom is -0.106 e. The first-order chi connectivity index (χ1) is 4.71. The monoisotopic (exact) mass is 136 g/mol. The Morgan fingerprint density at radius 1 is 1.20 bits per heavy atom. The summed E-state index contributed by atoms with van der Waals surface area (Å²) in [5, 5.41) is 0. The van der Waals surface area contributed by atoms with Crippen LogP contribution >= 0.6 is 0 Å². The second kappa shape index (κ2) is 4.10. The van der Waals surface area contributed by atoms with Gasteiger partial charge in [-0.3, -0.25) is 0 Å². The van der Waals surface area contributed by atoms with Crippen LogP contribution in [-0.2, 0) is 0 Å². The third kappa shape index (κ3) is 3.29. The molecule has 0 heteroatoms. The predicted octanol–water partition coefficient (Wildman–Crippen LogP) is 3.33. The Balaban J connectivity index is 0.000000371. The highest BCUT2D eigenvalue weighted by Gasteiger charge is 2.11. The molecule has 0 saturated heterocycles. The normalized spacial score (nSPS) is 19.4. The van der Waals surface area contributed by atoms with E-state index in [4.69, 9.17) is 0 Å². The van der Waals surface area contributed by atoms with Crippen LogP contribution in [0.4, 0.5) is 0 Å². The molecular weight excluding hydrogens is 120 g/mol. The molecule has 0 aromatic heterocycles. The van der Waals surface area contributed by atoms with Crippen LogP contribution in [0.5, 0.6) is 0 Å². The van der Waals surface area contributed by atoms with Gasteiger partial charge in [0, 0.05) is 0 Å². The quantitative estimate of drug-likeness (QED) is 0.448. The summed E-state index contributed by atoms with van der Waals surface area (Å²) in [4.78, 5) is 0. The molecule has 0 radical (unpaired) electrons. The molecule has 0 bridgehead atoms. The summed E-state index contributed by atoms with van der Waals surface area (Å²) in [6.45, 7) is 10.5. The molecular formula is C10H16. The van der Waals surface area contributed by atoms with Crippen LogP contribution in [0.1, 0.15) is 20.3 Å². The predicted molar refractivity (Wildman–Crippen MR) is 47.9 cm³/mol. The van der Waals surface area contributed by atoms with Crippen molar-refractivity contribution in [3.8, 4) is 0 Å². The molecule has 0 N–H and O–H groups in total. The van der Waals surface area contributed by atoms with Crippen molar-refractivity contribution < 1.29 is 0 Å². The lowest BCUT2D eigenvalue weighted by molar-refractivity contribution is 0.484. The lowest BCUT2D eigenvalue weighted by Crippen LogP contribution is -2.06. The number of rotatable bonds is 0. The van der Waals surface area contributed by atoms with E-state index in [1.54, 1.807) is 0 Å². The Morgan fingerprint density at radius 3 is 2.00 bits per heavy atom. The first-order valence-electron chi connectivity index (χ1n) is 3.55. The Morgan fingerprint density at radius 2 is 1.80 bits per heavy atom. The molecule has 0 aliphatic heterocycles. The summed E-state index contributed by atoms with van der Waals surface area (Å²) in [6.07, 6.45) is 9.85. The fraction of sp³-hybridized carbons (Fsp3) is 0.400. The van der Waals surface area contributed by atoms with E-state index < -0.39 is 0 Å². The second-order valence-electron chi connectivity index (χ2n) is 2.98. The Bertz CT molecular complexity index is 138. The molecule has 0 amide bonds. The van der Waals surface area contributed by atoms with Crippen molar-refractivity contribution in [3.05, 3.63) is 37.5 Å². The first-order valence-corrected chi connectivity index (χ1v) is 3.55. The zero-order chi connectivity index (χ0) is 8.04. The molecule has 1 aliphatic rings. The smallest absolute Gasteiger partial charge is 0.0137 e. The molecule has 10 heavy (non-hydrogen) atoms. The Labute approximate surface area is 64.0 Å². The van der Waals surface area contributed by atoms with Gasteiger partial charge in [-0.2, -0.15) is 0 Å². The first kappa shape index (κ1) is 9.22. The fourth-order valence-electron chi connectivity index (χ4n) is 0.834. The van der Waals surface area contributed by atoms with Gasteiger partial charge < -0.3 is 0 Å². The van der Waals surface area contributed by atoms with Crippen LogP contribution < -0.4 is 0 Å². The van der Waals surface area contributed by atoms with Gasteiger partial charge in [0.05, 0.1) is 0 Å². The van der Waals surface area contributed by atoms with E-state index in [0.29, 0.717) is 5.41 Å². The highest BCUT2D eigenvalue weighted by atomic mass is 14.2. The van der Waals surface area contributed by atoms with Crippen molar-refractivity contribution in [2.75, 3.05) is 0 Å². The minimum absolute atomic E-state index is 0.411. The third-order valence-electron chi connectivity index (χ3n) is 1.44. The highest BCUT2D eigenvalue weighted by molar-refractivity contribution is 5.13. The Kier molecular flexibility index (Phi) is 3.78. The average molecular weight is 136 g/mol. The lowest BCUT2D eigenvalue weighted by atomic mass is 9.86. The van der Waals surface area contributed by atoms with Crippen molar-refractivity contribution in [1.82, 2.24) is 0 Å². The molecule has 0 nitrogen and oxygen atoms in total. The molecule has 0 aromatic rings. The summed E-state index contributed by atoms with van der Waals surface area (Å²) in [5.41, 5.74) is 0.411. The van der Waals surface area contributed by atoms with Crippen LogP contribution in [0.25, 0.3) is 0 Å². The van der Waals surface area contributed by atoms with Crippen molar-refractivity contribution in [3.63, 3.8) is 0 Å². The number of allylic oxidation sites excluding steroid dienone is 4. The van der Waals surface area contributed by atoms with Gasteiger partial charge in [0.1, 0.15) is 0 Å². The maximum Gasteiger partial charge on any atom is -0.0137 e. The maximum absolute atomic E-state index is 3.00. The molecule has 0 fully saturated rings. The SMILES string of the molecule is C=C.CC1(C)C=CC=CC1. The zero-order valence-corrected chi connectivity index (χ0v) is 6.93. The van der Waals surface area contributed by atoms with E-state index in [1.807, 2.05) is 0 Å². The van der Waals surface area contributed by atoms with Gasteiger partial charge in [-0.05, 0) is 11.8 Å². The van der Waals surface area contributed by atoms with Gasteiger partial charge in [-0.1, -0.05) is 38.2 Å². The summed E-state index contributed by atoms with van der Waals surface area (Å²) < 4.78 is 0. The molecule has 56 valence electrons. The molecule has 0 atom stereocenters. The van der Waals surface area contributed by atoms with Crippen molar-refractivity contribution in [1.29, 1.82) is 0 Å². The molecule has 0 saturated carbocycles. The molecule has 1 rings (SSSR count). The van der Waals surface area contributed by atoms with Crippen LogP contribution in [0, 0.1) is 5.41 Å².